The lowest BCUT2D eigenvalue weighted by molar-refractivity contribution is 0.506. The van der Waals surface area contributed by atoms with Gasteiger partial charge in [-0.05, 0) is 31.5 Å². The van der Waals surface area contributed by atoms with E-state index in [9.17, 15) is 0 Å². The molecule has 0 aliphatic rings. The lowest BCUT2D eigenvalue weighted by Gasteiger charge is -2.27. The Morgan fingerprint density at radius 1 is 1.25 bits per heavy atom. The van der Waals surface area contributed by atoms with Crippen LogP contribution in [0, 0.1) is 0 Å². The van der Waals surface area contributed by atoms with Gasteiger partial charge in [-0.25, -0.2) is 0 Å². The zero-order valence-corrected chi connectivity index (χ0v) is 15.9. The Labute approximate surface area is 144 Å². The van der Waals surface area contributed by atoms with Crippen molar-refractivity contribution in [1.82, 2.24) is 10.6 Å². The van der Waals surface area contributed by atoms with Crippen LogP contribution in [-0.2, 0) is 5.41 Å². The lowest BCUT2D eigenvalue weighted by atomic mass is 9.85. The van der Waals surface area contributed by atoms with Crippen molar-refractivity contribution in [2.75, 3.05) is 13.6 Å². The molecule has 0 saturated carbocycles. The number of halogens is 2. The highest BCUT2D eigenvalue weighted by molar-refractivity contribution is 14.0. The molecule has 0 unspecified atom stereocenters. The molecule has 0 aliphatic carbocycles. The van der Waals surface area contributed by atoms with Crippen LogP contribution >= 0.6 is 35.6 Å². The van der Waals surface area contributed by atoms with Crippen LogP contribution in [0.15, 0.2) is 29.3 Å². The first-order valence-electron chi connectivity index (χ1n) is 6.58. The smallest absolute Gasteiger partial charge is 0.191 e. The van der Waals surface area contributed by atoms with Crippen LogP contribution in [0.5, 0.6) is 0 Å². The maximum atomic E-state index is 5.92. The van der Waals surface area contributed by atoms with Crippen LogP contribution in [0.2, 0.25) is 5.02 Å². The zero-order valence-electron chi connectivity index (χ0n) is 12.8. The molecule has 0 spiro atoms. The summed E-state index contributed by atoms with van der Waals surface area (Å²) in [5, 5.41) is 7.41. The molecule has 20 heavy (non-hydrogen) atoms. The van der Waals surface area contributed by atoms with Crippen molar-refractivity contribution in [3.8, 4) is 0 Å². The summed E-state index contributed by atoms with van der Waals surface area (Å²) in [4.78, 5) is 4.21. The molecule has 2 N–H and O–H groups in total. The van der Waals surface area contributed by atoms with E-state index in [4.69, 9.17) is 11.6 Å². The third-order valence-electron chi connectivity index (χ3n) is 2.97. The molecule has 0 aliphatic heterocycles. The first-order valence-corrected chi connectivity index (χ1v) is 6.96. The van der Waals surface area contributed by atoms with E-state index < -0.39 is 0 Å². The van der Waals surface area contributed by atoms with E-state index in [1.807, 2.05) is 12.1 Å². The summed E-state index contributed by atoms with van der Waals surface area (Å²) in [5.74, 6) is 0.831. The van der Waals surface area contributed by atoms with E-state index in [1.165, 1.54) is 5.56 Å². The SMILES string of the molecule is CN=C(NCC(C)(C)c1ccc(Cl)cc1)NC(C)C.I. The molecular weight excluding hydrogens is 385 g/mol. The molecule has 0 radical (unpaired) electrons. The zero-order chi connectivity index (χ0) is 14.5. The second kappa shape index (κ2) is 8.72. The van der Waals surface area contributed by atoms with Crippen molar-refractivity contribution < 1.29 is 0 Å². The summed E-state index contributed by atoms with van der Waals surface area (Å²) in [7, 11) is 1.78. The number of hydrogen-bond donors (Lipinski definition) is 2. The molecule has 3 nitrogen and oxygen atoms in total. The maximum Gasteiger partial charge on any atom is 0.191 e. The van der Waals surface area contributed by atoms with E-state index in [0.29, 0.717) is 6.04 Å². The van der Waals surface area contributed by atoms with Crippen molar-refractivity contribution in [2.45, 2.75) is 39.2 Å². The Balaban J connectivity index is 0.00000361. The van der Waals surface area contributed by atoms with Gasteiger partial charge in [-0.15, -0.1) is 24.0 Å². The Hall–Kier alpha value is -0.490. The van der Waals surface area contributed by atoms with Gasteiger partial charge in [0.1, 0.15) is 0 Å². The van der Waals surface area contributed by atoms with Gasteiger partial charge in [0.15, 0.2) is 5.96 Å². The van der Waals surface area contributed by atoms with Crippen molar-refractivity contribution in [2.24, 2.45) is 4.99 Å². The number of aliphatic imine (C=N–C) groups is 1. The molecule has 114 valence electrons. The van der Waals surface area contributed by atoms with E-state index in [0.717, 1.165) is 17.5 Å². The lowest BCUT2D eigenvalue weighted by Crippen LogP contribution is -2.45. The van der Waals surface area contributed by atoms with Crippen molar-refractivity contribution in [3.05, 3.63) is 34.9 Å². The van der Waals surface area contributed by atoms with Gasteiger partial charge in [0.05, 0.1) is 0 Å². The summed E-state index contributed by atoms with van der Waals surface area (Å²) in [5.41, 5.74) is 1.27. The first-order chi connectivity index (χ1) is 8.85. The fourth-order valence-corrected chi connectivity index (χ4v) is 1.90. The molecule has 1 aromatic carbocycles. The Bertz CT molecular complexity index is 427. The number of nitrogens with zero attached hydrogens (tertiary/aromatic N) is 1. The molecule has 0 atom stereocenters. The van der Waals surface area contributed by atoms with Crippen molar-refractivity contribution >= 4 is 41.5 Å². The molecule has 1 rings (SSSR count). The molecule has 0 amide bonds. The van der Waals surface area contributed by atoms with Crippen LogP contribution in [0.25, 0.3) is 0 Å². The third-order valence-corrected chi connectivity index (χ3v) is 3.22. The summed E-state index contributed by atoms with van der Waals surface area (Å²) >= 11 is 5.92. The van der Waals surface area contributed by atoms with Crippen molar-refractivity contribution in [1.29, 1.82) is 0 Å². The third kappa shape index (κ3) is 6.31. The predicted octanol–water partition coefficient (Wildman–Crippen LogP) is 3.81. The molecule has 1 aromatic rings. The molecule has 0 heterocycles. The topological polar surface area (TPSA) is 36.4 Å². The Morgan fingerprint density at radius 2 is 1.80 bits per heavy atom. The van der Waals surface area contributed by atoms with E-state index in [2.05, 4.69) is 55.5 Å². The second-order valence-corrected chi connectivity index (χ2v) is 6.05. The Morgan fingerprint density at radius 3 is 2.25 bits per heavy atom. The number of rotatable bonds is 4. The van der Waals surface area contributed by atoms with Crippen LogP contribution < -0.4 is 10.6 Å². The van der Waals surface area contributed by atoms with Gasteiger partial charge >= 0.3 is 0 Å². The second-order valence-electron chi connectivity index (χ2n) is 5.62. The summed E-state index contributed by atoms with van der Waals surface area (Å²) in [6.45, 7) is 9.40. The van der Waals surface area contributed by atoms with Crippen molar-refractivity contribution in [3.63, 3.8) is 0 Å². The van der Waals surface area contributed by atoms with E-state index >= 15 is 0 Å². The normalized spacial score (nSPS) is 12.1. The van der Waals surface area contributed by atoms with Gasteiger partial charge in [0.25, 0.3) is 0 Å². The minimum Gasteiger partial charge on any atom is -0.356 e. The number of hydrogen-bond acceptors (Lipinski definition) is 1. The van der Waals surface area contributed by atoms with E-state index in [-0.39, 0.29) is 29.4 Å². The molecule has 0 fully saturated rings. The summed E-state index contributed by atoms with van der Waals surface area (Å²) in [6.07, 6.45) is 0. The van der Waals surface area contributed by atoms with Crippen LogP contribution in [0.3, 0.4) is 0 Å². The minimum atomic E-state index is 0. The fraction of sp³-hybridized carbons (Fsp3) is 0.533. The highest BCUT2D eigenvalue weighted by Gasteiger charge is 2.20. The molecular formula is C15H25ClIN3. The average molecular weight is 410 g/mol. The predicted molar refractivity (Wildman–Crippen MR) is 99.5 cm³/mol. The van der Waals surface area contributed by atoms with Gasteiger partial charge in [-0.3, -0.25) is 4.99 Å². The fourth-order valence-electron chi connectivity index (χ4n) is 1.78. The number of guanidine groups is 1. The van der Waals surface area contributed by atoms with E-state index in [1.54, 1.807) is 7.05 Å². The van der Waals surface area contributed by atoms with Crippen LogP contribution in [-0.4, -0.2) is 25.6 Å². The highest BCUT2D eigenvalue weighted by atomic mass is 127. The molecule has 0 saturated heterocycles. The summed E-state index contributed by atoms with van der Waals surface area (Å²) in [6, 6.07) is 8.37. The summed E-state index contributed by atoms with van der Waals surface area (Å²) < 4.78 is 0. The van der Waals surface area contributed by atoms with Crippen LogP contribution in [0.4, 0.5) is 0 Å². The highest BCUT2D eigenvalue weighted by Crippen LogP contribution is 2.23. The molecule has 0 bridgehead atoms. The standard InChI is InChI=1S/C15H24ClN3.HI/c1-11(2)19-14(17-5)18-10-15(3,4)12-6-8-13(16)9-7-12;/h6-9,11H,10H2,1-5H3,(H2,17,18,19);1H. The monoisotopic (exact) mass is 409 g/mol. The van der Waals surface area contributed by atoms with Gasteiger partial charge in [0.2, 0.25) is 0 Å². The van der Waals surface area contributed by atoms with Gasteiger partial charge in [0, 0.05) is 30.1 Å². The van der Waals surface area contributed by atoms with Gasteiger partial charge < -0.3 is 10.6 Å². The quantitative estimate of drug-likeness (QED) is 0.451. The van der Waals surface area contributed by atoms with Gasteiger partial charge in [-0.2, -0.15) is 0 Å². The molecule has 0 aromatic heterocycles. The first kappa shape index (κ1) is 19.5. The van der Waals surface area contributed by atoms with Crippen LogP contribution in [0.1, 0.15) is 33.3 Å². The largest absolute Gasteiger partial charge is 0.356 e. The average Bonchev–Trinajstić information content (AvgIpc) is 2.34. The number of nitrogens with one attached hydrogen (secondary N) is 2. The van der Waals surface area contributed by atoms with Gasteiger partial charge in [-0.1, -0.05) is 37.6 Å². The Kier molecular flexibility index (Phi) is 8.51. The number of benzene rings is 1. The minimum absolute atomic E-state index is 0. The maximum absolute atomic E-state index is 5.92. The molecule has 5 heteroatoms.